The Hall–Kier alpha value is -2.59. The van der Waals surface area contributed by atoms with Crippen LogP contribution in [0.1, 0.15) is 41.6 Å². The second-order valence-corrected chi connectivity index (χ2v) is 9.94. The van der Waals surface area contributed by atoms with Gasteiger partial charge < -0.3 is 18.8 Å². The monoisotopic (exact) mass is 472 g/mol. The van der Waals surface area contributed by atoms with Crippen LogP contribution in [0.15, 0.2) is 27.8 Å². The lowest BCUT2D eigenvalue weighted by molar-refractivity contribution is -0.129. The van der Waals surface area contributed by atoms with Crippen molar-refractivity contribution in [2.45, 2.75) is 44.4 Å². The van der Waals surface area contributed by atoms with Crippen LogP contribution in [0.25, 0.3) is 10.8 Å². The van der Waals surface area contributed by atoms with Gasteiger partial charge in [0.2, 0.25) is 5.91 Å². The second kappa shape index (κ2) is 9.11. The lowest BCUT2D eigenvalue weighted by Crippen LogP contribution is -2.32. The van der Waals surface area contributed by atoms with E-state index in [1.165, 1.54) is 23.1 Å². The lowest BCUT2D eigenvalue weighted by atomic mass is 10.0. The number of nitrogens with zero attached hydrogens (tertiary/aromatic N) is 4. The Morgan fingerprint density at radius 1 is 1.19 bits per heavy atom. The zero-order chi connectivity index (χ0) is 22.1. The SMILES string of the molecule is Cc1nc(C)c(-c2nnc(SCC(=O)N3CCCC3c3ccc4c(c3)OCCCO4)o2)s1. The molecule has 4 heterocycles. The summed E-state index contributed by atoms with van der Waals surface area (Å²) in [5.74, 6) is 2.31. The summed E-state index contributed by atoms with van der Waals surface area (Å²) >= 11 is 2.80. The molecule has 0 N–H and O–H groups in total. The van der Waals surface area contributed by atoms with E-state index in [2.05, 4.69) is 15.2 Å². The highest BCUT2D eigenvalue weighted by Gasteiger charge is 2.31. The van der Waals surface area contributed by atoms with Gasteiger partial charge in [-0.15, -0.1) is 21.5 Å². The third-order valence-corrected chi connectivity index (χ3v) is 7.42. The summed E-state index contributed by atoms with van der Waals surface area (Å²) in [4.78, 5) is 20.3. The summed E-state index contributed by atoms with van der Waals surface area (Å²) < 4.78 is 17.3. The Balaban J connectivity index is 1.25. The van der Waals surface area contributed by atoms with Crippen molar-refractivity contribution in [1.29, 1.82) is 0 Å². The summed E-state index contributed by atoms with van der Waals surface area (Å²) in [5.41, 5.74) is 1.96. The first kappa shape index (κ1) is 21.3. The number of rotatable bonds is 5. The third-order valence-electron chi connectivity index (χ3n) is 5.55. The van der Waals surface area contributed by atoms with E-state index in [0.29, 0.717) is 24.3 Å². The van der Waals surface area contributed by atoms with Gasteiger partial charge in [0.15, 0.2) is 11.5 Å². The van der Waals surface area contributed by atoms with Crippen LogP contribution in [0, 0.1) is 13.8 Å². The van der Waals surface area contributed by atoms with Gasteiger partial charge in [0.1, 0.15) is 4.88 Å². The molecule has 1 atom stereocenters. The molecule has 1 aromatic carbocycles. The molecule has 0 aliphatic carbocycles. The molecule has 2 aliphatic heterocycles. The Morgan fingerprint density at radius 2 is 2.03 bits per heavy atom. The van der Waals surface area contributed by atoms with Crippen molar-refractivity contribution in [2.75, 3.05) is 25.5 Å². The number of ether oxygens (including phenoxy) is 2. The molecule has 3 aromatic rings. The molecule has 2 aromatic heterocycles. The highest BCUT2D eigenvalue weighted by molar-refractivity contribution is 7.99. The number of aromatic nitrogens is 3. The van der Waals surface area contributed by atoms with E-state index in [4.69, 9.17) is 13.9 Å². The number of likely N-dealkylation sites (tertiary alicyclic amines) is 1. The van der Waals surface area contributed by atoms with Crippen molar-refractivity contribution >= 4 is 29.0 Å². The number of thiazole rings is 1. The first-order valence-corrected chi connectivity index (χ1v) is 12.5. The molecular weight excluding hydrogens is 448 g/mol. The molecule has 168 valence electrons. The molecule has 0 bridgehead atoms. The first-order chi connectivity index (χ1) is 15.6. The smallest absolute Gasteiger partial charge is 0.277 e. The number of hydrogen-bond donors (Lipinski definition) is 0. The molecule has 0 saturated carbocycles. The predicted molar refractivity (Wildman–Crippen MR) is 121 cm³/mol. The van der Waals surface area contributed by atoms with Gasteiger partial charge in [0, 0.05) is 13.0 Å². The molecule has 2 aliphatic rings. The van der Waals surface area contributed by atoms with Crippen LogP contribution in [0.2, 0.25) is 0 Å². The maximum atomic E-state index is 13.0. The number of aryl methyl sites for hydroxylation is 2. The zero-order valence-electron chi connectivity index (χ0n) is 18.0. The Bertz CT molecular complexity index is 1130. The normalized spacial score (nSPS) is 18.1. The van der Waals surface area contributed by atoms with Gasteiger partial charge in [0.05, 0.1) is 35.7 Å². The molecule has 5 rings (SSSR count). The summed E-state index contributed by atoms with van der Waals surface area (Å²) in [7, 11) is 0. The Kier molecular flexibility index (Phi) is 6.05. The molecule has 1 fully saturated rings. The number of fused-ring (bicyclic) bond motifs is 1. The number of carbonyl (C=O) groups is 1. The van der Waals surface area contributed by atoms with Crippen molar-refractivity contribution in [3.05, 3.63) is 34.5 Å². The van der Waals surface area contributed by atoms with Gasteiger partial charge in [-0.1, -0.05) is 17.8 Å². The summed E-state index contributed by atoms with van der Waals surface area (Å²) in [6.07, 6.45) is 2.78. The molecular formula is C22H24N4O4S2. The Labute approximate surface area is 194 Å². The summed E-state index contributed by atoms with van der Waals surface area (Å²) in [6, 6.07) is 6.06. The van der Waals surface area contributed by atoms with E-state index in [9.17, 15) is 4.79 Å². The van der Waals surface area contributed by atoms with Crippen LogP contribution in [0.5, 0.6) is 11.5 Å². The molecule has 0 radical (unpaired) electrons. The summed E-state index contributed by atoms with van der Waals surface area (Å²) in [6.45, 7) is 5.92. The van der Waals surface area contributed by atoms with Gasteiger partial charge >= 0.3 is 0 Å². The quantitative estimate of drug-likeness (QED) is 0.504. The van der Waals surface area contributed by atoms with Crippen LogP contribution in [-0.2, 0) is 4.79 Å². The minimum atomic E-state index is 0.0429. The average molecular weight is 473 g/mol. The fourth-order valence-corrected chi connectivity index (χ4v) is 5.59. The van der Waals surface area contributed by atoms with Crippen molar-refractivity contribution in [3.8, 4) is 22.3 Å². The van der Waals surface area contributed by atoms with Crippen LogP contribution >= 0.6 is 23.1 Å². The number of amides is 1. The molecule has 1 saturated heterocycles. The molecule has 10 heteroatoms. The topological polar surface area (TPSA) is 90.6 Å². The minimum Gasteiger partial charge on any atom is -0.490 e. The van der Waals surface area contributed by atoms with Crippen LogP contribution in [0.4, 0.5) is 0 Å². The van der Waals surface area contributed by atoms with Gasteiger partial charge in [-0.2, -0.15) is 0 Å². The average Bonchev–Trinajstić information content (AvgIpc) is 3.48. The number of benzene rings is 1. The molecule has 32 heavy (non-hydrogen) atoms. The van der Waals surface area contributed by atoms with Gasteiger partial charge in [-0.3, -0.25) is 4.79 Å². The van der Waals surface area contributed by atoms with E-state index in [1.54, 1.807) is 0 Å². The number of carbonyl (C=O) groups excluding carboxylic acids is 1. The van der Waals surface area contributed by atoms with Crippen molar-refractivity contribution < 1.29 is 18.7 Å². The van der Waals surface area contributed by atoms with E-state index in [0.717, 1.165) is 58.4 Å². The highest BCUT2D eigenvalue weighted by Crippen LogP contribution is 2.38. The van der Waals surface area contributed by atoms with Crippen molar-refractivity contribution in [2.24, 2.45) is 0 Å². The van der Waals surface area contributed by atoms with Crippen LogP contribution < -0.4 is 9.47 Å². The second-order valence-electron chi connectivity index (χ2n) is 7.81. The van der Waals surface area contributed by atoms with Crippen molar-refractivity contribution in [1.82, 2.24) is 20.1 Å². The Morgan fingerprint density at radius 3 is 2.84 bits per heavy atom. The number of hydrogen-bond acceptors (Lipinski definition) is 9. The van der Waals surface area contributed by atoms with Crippen LogP contribution in [0.3, 0.4) is 0 Å². The van der Waals surface area contributed by atoms with Crippen LogP contribution in [-0.4, -0.2) is 51.5 Å². The van der Waals surface area contributed by atoms with E-state index in [-0.39, 0.29) is 17.7 Å². The number of thioether (sulfide) groups is 1. The molecule has 1 amide bonds. The fourth-order valence-electron chi connectivity index (χ4n) is 4.09. The lowest BCUT2D eigenvalue weighted by Gasteiger charge is -2.25. The maximum Gasteiger partial charge on any atom is 0.277 e. The first-order valence-electron chi connectivity index (χ1n) is 10.7. The fraction of sp³-hybridized carbons (Fsp3) is 0.455. The van der Waals surface area contributed by atoms with Crippen molar-refractivity contribution in [3.63, 3.8) is 0 Å². The summed E-state index contributed by atoms with van der Waals surface area (Å²) in [5, 5.41) is 9.58. The zero-order valence-corrected chi connectivity index (χ0v) is 19.6. The van der Waals surface area contributed by atoms with Gasteiger partial charge in [-0.25, -0.2) is 4.98 Å². The third kappa shape index (κ3) is 4.33. The van der Waals surface area contributed by atoms with Gasteiger partial charge in [0.25, 0.3) is 11.1 Å². The van der Waals surface area contributed by atoms with E-state index < -0.39 is 0 Å². The predicted octanol–water partition coefficient (Wildman–Crippen LogP) is 4.43. The molecule has 0 spiro atoms. The van der Waals surface area contributed by atoms with E-state index in [1.807, 2.05) is 36.9 Å². The highest BCUT2D eigenvalue weighted by atomic mass is 32.2. The largest absolute Gasteiger partial charge is 0.490 e. The molecule has 8 nitrogen and oxygen atoms in total. The standard InChI is InChI=1S/C22H24N4O4S2/c1-13-20(32-14(2)23-13)21-24-25-22(30-21)31-12-19(27)26-8-3-5-16(26)15-6-7-17-18(11-15)29-10-4-9-28-17/h6-7,11,16H,3-5,8-10,12H2,1-2H3. The van der Waals surface area contributed by atoms with E-state index >= 15 is 0 Å². The molecule has 1 unspecified atom stereocenters. The van der Waals surface area contributed by atoms with Gasteiger partial charge in [-0.05, 0) is 44.4 Å². The maximum absolute atomic E-state index is 13.0. The minimum absolute atomic E-state index is 0.0429.